The minimum Gasteiger partial charge on any atom is -0.454 e. The van der Waals surface area contributed by atoms with Crippen LogP contribution in [0.3, 0.4) is 0 Å². The highest BCUT2D eigenvalue weighted by Crippen LogP contribution is 2.34. The van der Waals surface area contributed by atoms with Gasteiger partial charge in [0.25, 0.3) is 15.9 Å². The number of fused-ring (bicyclic) bond motifs is 1. The number of hydrogen-bond acceptors (Lipinski definition) is 6. The molecule has 2 heterocycles. The highest BCUT2D eigenvalue weighted by Gasteiger charge is 2.25. The average Bonchev–Trinajstić information content (AvgIpc) is 2.94. The van der Waals surface area contributed by atoms with Crippen molar-refractivity contribution in [3.8, 4) is 11.5 Å². The van der Waals surface area contributed by atoms with Crippen molar-refractivity contribution in [3.63, 3.8) is 0 Å². The maximum Gasteiger partial charge on any atom is 0.264 e. The highest BCUT2D eigenvalue weighted by molar-refractivity contribution is 8.19. The fraction of sp³-hybridized carbons (Fsp3) is 0.167. The molecule has 0 aliphatic carbocycles. The zero-order valence-electron chi connectivity index (χ0n) is 10.8. The molecule has 2 aliphatic rings. The van der Waals surface area contributed by atoms with E-state index in [1.807, 2.05) is 0 Å². The van der Waals surface area contributed by atoms with Crippen molar-refractivity contribution in [2.24, 2.45) is 4.40 Å². The third kappa shape index (κ3) is 3.19. The minimum atomic E-state index is -3.55. The molecule has 7 nitrogen and oxygen atoms in total. The number of amides is 1. The van der Waals surface area contributed by atoms with Crippen LogP contribution < -0.4 is 14.8 Å². The number of carbonyl (C=O) groups excluding carboxylic acids is 1. The Morgan fingerprint density at radius 2 is 2.10 bits per heavy atom. The van der Waals surface area contributed by atoms with Crippen molar-refractivity contribution in [1.82, 2.24) is 5.32 Å². The molecule has 2 aliphatic heterocycles. The van der Waals surface area contributed by atoms with Gasteiger partial charge in [-0.2, -0.15) is 0 Å². The van der Waals surface area contributed by atoms with Crippen molar-refractivity contribution < 1.29 is 22.7 Å². The van der Waals surface area contributed by atoms with Gasteiger partial charge in [-0.15, -0.1) is 4.40 Å². The van der Waals surface area contributed by atoms with Crippen LogP contribution >= 0.6 is 11.8 Å². The summed E-state index contributed by atoms with van der Waals surface area (Å²) in [6.07, 6.45) is 2.60. The standard InChI is InChI=1S/C12H10N2O5S2/c1-21(16,17)14-12-13-11(15)10(20-12)5-7-2-3-8-9(4-7)19-6-18-8/h2-5H,6H2,1H3,(H,13,14,15). The highest BCUT2D eigenvalue weighted by atomic mass is 32.2. The average molecular weight is 326 g/mol. The van der Waals surface area contributed by atoms with Gasteiger partial charge in [0.1, 0.15) is 0 Å². The number of amidine groups is 1. The van der Waals surface area contributed by atoms with Crippen LogP contribution in [0.15, 0.2) is 27.5 Å². The molecule has 1 amide bonds. The van der Waals surface area contributed by atoms with Gasteiger partial charge in [-0.3, -0.25) is 10.1 Å². The Kier molecular flexibility index (Phi) is 3.38. The lowest BCUT2D eigenvalue weighted by Crippen LogP contribution is -2.20. The van der Waals surface area contributed by atoms with Crippen LogP contribution in [-0.4, -0.2) is 32.5 Å². The molecule has 21 heavy (non-hydrogen) atoms. The number of hydrogen-bond donors (Lipinski definition) is 1. The molecule has 3 rings (SSSR count). The molecule has 0 unspecified atom stereocenters. The predicted molar refractivity (Wildman–Crippen MR) is 78.6 cm³/mol. The summed E-state index contributed by atoms with van der Waals surface area (Å²) in [6.45, 7) is 0.176. The molecule has 0 spiro atoms. The smallest absolute Gasteiger partial charge is 0.264 e. The van der Waals surface area contributed by atoms with Crippen LogP contribution in [-0.2, 0) is 14.8 Å². The van der Waals surface area contributed by atoms with E-state index in [1.165, 1.54) is 0 Å². The lowest BCUT2D eigenvalue weighted by atomic mass is 10.2. The lowest BCUT2D eigenvalue weighted by molar-refractivity contribution is -0.115. The maximum absolute atomic E-state index is 11.8. The van der Waals surface area contributed by atoms with Gasteiger partial charge in [-0.25, -0.2) is 8.42 Å². The minimum absolute atomic E-state index is 0.0505. The van der Waals surface area contributed by atoms with E-state index in [0.717, 1.165) is 23.6 Å². The van der Waals surface area contributed by atoms with Gasteiger partial charge in [0.05, 0.1) is 11.2 Å². The molecule has 9 heteroatoms. The summed E-state index contributed by atoms with van der Waals surface area (Å²) < 4.78 is 36.1. The van der Waals surface area contributed by atoms with E-state index in [0.29, 0.717) is 16.4 Å². The first kappa shape index (κ1) is 14.0. The van der Waals surface area contributed by atoms with Gasteiger partial charge in [0, 0.05) is 0 Å². The number of rotatable bonds is 2. The predicted octanol–water partition coefficient (Wildman–Crippen LogP) is 0.935. The van der Waals surface area contributed by atoms with E-state index in [2.05, 4.69) is 9.71 Å². The summed E-state index contributed by atoms with van der Waals surface area (Å²) in [5.41, 5.74) is 0.748. The van der Waals surface area contributed by atoms with E-state index >= 15 is 0 Å². The summed E-state index contributed by atoms with van der Waals surface area (Å²) in [4.78, 5) is 12.1. The Morgan fingerprint density at radius 3 is 2.86 bits per heavy atom. The van der Waals surface area contributed by atoms with Crippen LogP contribution in [0, 0.1) is 0 Å². The summed E-state index contributed by atoms with van der Waals surface area (Å²) >= 11 is 0.973. The Morgan fingerprint density at radius 1 is 1.33 bits per heavy atom. The van der Waals surface area contributed by atoms with Crippen molar-refractivity contribution in [3.05, 3.63) is 28.7 Å². The van der Waals surface area contributed by atoms with Crippen LogP contribution in [0.25, 0.3) is 6.08 Å². The second-order valence-corrected chi connectivity index (χ2v) is 6.99. The summed E-state index contributed by atoms with van der Waals surface area (Å²) in [7, 11) is -3.55. The molecule has 1 aromatic carbocycles. The lowest BCUT2D eigenvalue weighted by Gasteiger charge is -1.98. The fourth-order valence-corrected chi connectivity index (χ4v) is 3.37. The van der Waals surface area contributed by atoms with Crippen LogP contribution in [0.2, 0.25) is 0 Å². The number of sulfonamides is 1. The topological polar surface area (TPSA) is 94.1 Å². The van der Waals surface area contributed by atoms with Crippen LogP contribution in [0.4, 0.5) is 0 Å². The summed E-state index contributed by atoms with van der Waals surface area (Å²) in [6, 6.07) is 5.27. The van der Waals surface area contributed by atoms with E-state index in [4.69, 9.17) is 9.47 Å². The van der Waals surface area contributed by atoms with Crippen molar-refractivity contribution >= 4 is 38.9 Å². The van der Waals surface area contributed by atoms with Crippen molar-refractivity contribution in [2.45, 2.75) is 0 Å². The van der Waals surface area contributed by atoms with E-state index < -0.39 is 10.0 Å². The number of thioether (sulfide) groups is 1. The Bertz CT molecular complexity index is 783. The van der Waals surface area contributed by atoms with E-state index in [9.17, 15) is 13.2 Å². The summed E-state index contributed by atoms with van der Waals surface area (Å²) in [5.74, 6) is 0.873. The summed E-state index contributed by atoms with van der Waals surface area (Å²) in [5, 5.41) is 2.45. The zero-order valence-corrected chi connectivity index (χ0v) is 12.5. The SMILES string of the molecule is CS(=O)(=O)N=C1NC(=O)C(=Cc2ccc3c(c2)OCO3)S1. The number of ether oxygens (including phenoxy) is 2. The molecule has 1 N–H and O–H groups in total. The van der Waals surface area contributed by atoms with Gasteiger partial charge in [-0.1, -0.05) is 6.07 Å². The maximum atomic E-state index is 11.8. The molecular formula is C12H10N2O5S2. The third-order valence-electron chi connectivity index (χ3n) is 2.59. The second-order valence-electron chi connectivity index (χ2n) is 4.31. The van der Waals surface area contributed by atoms with Gasteiger partial charge in [0.15, 0.2) is 16.7 Å². The molecule has 0 bridgehead atoms. The number of nitrogens with one attached hydrogen (secondary N) is 1. The third-order valence-corrected chi connectivity index (χ3v) is 4.13. The van der Waals surface area contributed by atoms with Crippen molar-refractivity contribution in [1.29, 1.82) is 0 Å². The molecule has 0 aromatic heterocycles. The molecule has 0 saturated carbocycles. The number of benzene rings is 1. The number of nitrogens with zero attached hydrogens (tertiary/aromatic N) is 1. The van der Waals surface area contributed by atoms with Crippen molar-refractivity contribution in [2.75, 3.05) is 13.0 Å². The van der Waals surface area contributed by atoms with Gasteiger partial charge >= 0.3 is 0 Å². The second kappa shape index (κ2) is 5.08. The first-order valence-corrected chi connectivity index (χ1v) is 8.48. The Balaban J connectivity index is 1.87. The fourth-order valence-electron chi connectivity index (χ4n) is 1.78. The largest absolute Gasteiger partial charge is 0.454 e. The van der Waals surface area contributed by atoms with Gasteiger partial charge in [0.2, 0.25) is 6.79 Å². The first-order chi connectivity index (χ1) is 9.90. The monoisotopic (exact) mass is 326 g/mol. The normalized spacial score (nSPS) is 21.1. The Labute approximate surface area is 125 Å². The van der Waals surface area contributed by atoms with E-state index in [-0.39, 0.29) is 17.9 Å². The van der Waals surface area contributed by atoms with E-state index in [1.54, 1.807) is 24.3 Å². The molecular weight excluding hydrogens is 316 g/mol. The molecule has 1 saturated heterocycles. The molecule has 0 radical (unpaired) electrons. The van der Waals surface area contributed by atoms with Crippen LogP contribution in [0.1, 0.15) is 5.56 Å². The van der Waals surface area contributed by atoms with Gasteiger partial charge in [-0.05, 0) is 35.5 Å². The molecule has 0 atom stereocenters. The van der Waals surface area contributed by atoms with Crippen LogP contribution in [0.5, 0.6) is 11.5 Å². The number of carbonyl (C=O) groups is 1. The zero-order chi connectivity index (χ0) is 15.0. The first-order valence-electron chi connectivity index (χ1n) is 5.81. The quantitative estimate of drug-likeness (QED) is 0.813. The molecule has 1 fully saturated rings. The Hall–Kier alpha value is -2.00. The molecule has 1 aromatic rings. The van der Waals surface area contributed by atoms with Gasteiger partial charge < -0.3 is 9.47 Å². The molecule has 110 valence electrons.